The van der Waals surface area contributed by atoms with E-state index in [2.05, 4.69) is 6.07 Å². The standard InChI is InChI=1S/C14H22N2O4/c1-3-7-16(10-12(17)20-4-2)13(18)14(11-15)5-8-19-9-6-14/h3-10H2,1-2H3. The second kappa shape index (κ2) is 7.85. The van der Waals surface area contributed by atoms with E-state index in [-0.39, 0.29) is 19.1 Å². The first-order chi connectivity index (χ1) is 9.59. The molecule has 1 aliphatic rings. The van der Waals surface area contributed by atoms with Gasteiger partial charge in [-0.25, -0.2) is 0 Å². The van der Waals surface area contributed by atoms with Crippen molar-refractivity contribution in [3.8, 4) is 6.07 Å². The van der Waals surface area contributed by atoms with Crippen molar-refractivity contribution >= 4 is 11.9 Å². The fourth-order valence-electron chi connectivity index (χ4n) is 2.28. The average Bonchev–Trinajstić information content (AvgIpc) is 2.47. The Morgan fingerprint density at radius 3 is 2.50 bits per heavy atom. The van der Waals surface area contributed by atoms with E-state index in [4.69, 9.17) is 9.47 Å². The number of rotatable bonds is 6. The Bertz CT molecular complexity index is 383. The summed E-state index contributed by atoms with van der Waals surface area (Å²) in [6, 6.07) is 2.14. The van der Waals surface area contributed by atoms with Crippen LogP contribution < -0.4 is 0 Å². The molecule has 112 valence electrons. The summed E-state index contributed by atoms with van der Waals surface area (Å²) in [5.41, 5.74) is -1.06. The number of nitriles is 1. The Balaban J connectivity index is 2.81. The Morgan fingerprint density at radius 1 is 1.35 bits per heavy atom. The summed E-state index contributed by atoms with van der Waals surface area (Å²) in [7, 11) is 0. The minimum absolute atomic E-state index is 0.0925. The Hall–Kier alpha value is -1.61. The van der Waals surface area contributed by atoms with Crippen LogP contribution in [0, 0.1) is 16.7 Å². The van der Waals surface area contributed by atoms with Crippen molar-refractivity contribution in [2.75, 3.05) is 32.9 Å². The molecule has 6 heteroatoms. The fourth-order valence-corrected chi connectivity index (χ4v) is 2.28. The van der Waals surface area contributed by atoms with Crippen molar-refractivity contribution in [3.05, 3.63) is 0 Å². The molecular weight excluding hydrogens is 260 g/mol. The topological polar surface area (TPSA) is 79.6 Å². The normalized spacial score (nSPS) is 17.1. The van der Waals surface area contributed by atoms with Crippen LogP contribution >= 0.6 is 0 Å². The minimum atomic E-state index is -1.06. The van der Waals surface area contributed by atoms with Gasteiger partial charge in [-0.15, -0.1) is 0 Å². The molecule has 0 aromatic carbocycles. The highest BCUT2D eigenvalue weighted by Crippen LogP contribution is 2.32. The van der Waals surface area contributed by atoms with Crippen LogP contribution in [0.4, 0.5) is 0 Å². The summed E-state index contributed by atoms with van der Waals surface area (Å²) in [5, 5.41) is 9.40. The van der Waals surface area contributed by atoms with Crippen LogP contribution in [0.2, 0.25) is 0 Å². The molecule has 1 heterocycles. The minimum Gasteiger partial charge on any atom is -0.465 e. The van der Waals surface area contributed by atoms with Gasteiger partial charge in [0.25, 0.3) is 0 Å². The second-order valence-corrected chi connectivity index (χ2v) is 4.84. The highest BCUT2D eigenvalue weighted by molar-refractivity contribution is 5.88. The number of carbonyl (C=O) groups is 2. The van der Waals surface area contributed by atoms with Crippen LogP contribution in [0.15, 0.2) is 0 Å². The maximum Gasteiger partial charge on any atom is 0.325 e. The summed E-state index contributed by atoms with van der Waals surface area (Å²) in [5.74, 6) is -0.715. The molecule has 0 aromatic rings. The van der Waals surface area contributed by atoms with Crippen molar-refractivity contribution in [1.82, 2.24) is 4.90 Å². The highest BCUT2D eigenvalue weighted by Gasteiger charge is 2.43. The molecule has 6 nitrogen and oxygen atoms in total. The van der Waals surface area contributed by atoms with E-state index in [1.54, 1.807) is 6.92 Å². The Kier molecular flexibility index (Phi) is 6.46. The van der Waals surface area contributed by atoms with E-state index in [9.17, 15) is 14.9 Å². The van der Waals surface area contributed by atoms with Crippen LogP contribution in [-0.2, 0) is 19.1 Å². The average molecular weight is 282 g/mol. The van der Waals surface area contributed by atoms with Crippen molar-refractivity contribution in [2.24, 2.45) is 5.41 Å². The van der Waals surface area contributed by atoms with E-state index < -0.39 is 11.4 Å². The first kappa shape index (κ1) is 16.4. The SMILES string of the molecule is CCCN(CC(=O)OCC)C(=O)C1(C#N)CCOCC1. The number of amides is 1. The Labute approximate surface area is 119 Å². The maximum atomic E-state index is 12.6. The summed E-state index contributed by atoms with van der Waals surface area (Å²) >= 11 is 0. The van der Waals surface area contributed by atoms with Crippen LogP contribution in [-0.4, -0.2) is 49.7 Å². The number of esters is 1. The second-order valence-electron chi connectivity index (χ2n) is 4.84. The molecule has 0 aliphatic carbocycles. The molecule has 0 unspecified atom stereocenters. The van der Waals surface area contributed by atoms with Crippen molar-refractivity contribution in [3.63, 3.8) is 0 Å². The van der Waals surface area contributed by atoms with Crippen LogP contribution in [0.25, 0.3) is 0 Å². The summed E-state index contributed by atoms with van der Waals surface area (Å²) < 4.78 is 10.1. The van der Waals surface area contributed by atoms with Gasteiger partial charge in [-0.05, 0) is 26.2 Å². The van der Waals surface area contributed by atoms with Gasteiger partial charge in [0.05, 0.1) is 12.7 Å². The lowest BCUT2D eigenvalue weighted by atomic mass is 9.80. The molecule has 20 heavy (non-hydrogen) atoms. The summed E-state index contributed by atoms with van der Waals surface area (Å²) in [6.45, 7) is 5.09. The van der Waals surface area contributed by atoms with E-state index in [0.29, 0.717) is 32.6 Å². The van der Waals surface area contributed by atoms with Gasteiger partial charge in [0.2, 0.25) is 5.91 Å². The van der Waals surface area contributed by atoms with Gasteiger partial charge >= 0.3 is 5.97 Å². The van der Waals surface area contributed by atoms with Gasteiger partial charge in [-0.1, -0.05) is 6.92 Å². The molecule has 1 saturated heterocycles. The van der Waals surface area contributed by atoms with Gasteiger partial charge in [-0.2, -0.15) is 5.26 Å². The van der Waals surface area contributed by atoms with Crippen molar-refractivity contribution < 1.29 is 19.1 Å². The third kappa shape index (κ3) is 3.94. The number of ether oxygens (including phenoxy) is 2. The highest BCUT2D eigenvalue weighted by atomic mass is 16.5. The lowest BCUT2D eigenvalue weighted by Crippen LogP contribution is -2.48. The number of hydrogen-bond donors (Lipinski definition) is 0. The zero-order valence-corrected chi connectivity index (χ0v) is 12.2. The molecule has 1 rings (SSSR count). The lowest BCUT2D eigenvalue weighted by molar-refractivity contribution is -0.153. The molecule has 0 saturated carbocycles. The maximum absolute atomic E-state index is 12.6. The molecule has 0 atom stereocenters. The molecule has 0 N–H and O–H groups in total. The number of hydrogen-bond acceptors (Lipinski definition) is 5. The molecule has 1 fully saturated rings. The van der Waals surface area contributed by atoms with E-state index >= 15 is 0 Å². The third-order valence-corrected chi connectivity index (χ3v) is 3.38. The van der Waals surface area contributed by atoms with Crippen LogP contribution in [0.3, 0.4) is 0 Å². The first-order valence-electron chi connectivity index (χ1n) is 7.03. The zero-order chi connectivity index (χ0) is 15.0. The first-order valence-corrected chi connectivity index (χ1v) is 7.03. The Morgan fingerprint density at radius 2 is 2.00 bits per heavy atom. The van der Waals surface area contributed by atoms with Crippen LogP contribution in [0.5, 0.6) is 0 Å². The number of carbonyl (C=O) groups excluding carboxylic acids is 2. The van der Waals surface area contributed by atoms with E-state index in [0.717, 1.165) is 6.42 Å². The van der Waals surface area contributed by atoms with Gasteiger partial charge < -0.3 is 14.4 Å². The summed E-state index contributed by atoms with van der Waals surface area (Å²) in [6.07, 6.45) is 1.49. The predicted molar refractivity (Wildman–Crippen MR) is 71.6 cm³/mol. The van der Waals surface area contributed by atoms with Crippen LogP contribution in [0.1, 0.15) is 33.1 Å². The monoisotopic (exact) mass is 282 g/mol. The largest absolute Gasteiger partial charge is 0.465 e. The van der Waals surface area contributed by atoms with Gasteiger partial charge in [0, 0.05) is 19.8 Å². The molecular formula is C14H22N2O4. The van der Waals surface area contributed by atoms with E-state index in [1.165, 1.54) is 4.90 Å². The van der Waals surface area contributed by atoms with Crippen molar-refractivity contribution in [1.29, 1.82) is 5.26 Å². The molecule has 0 radical (unpaired) electrons. The quantitative estimate of drug-likeness (QED) is 0.682. The lowest BCUT2D eigenvalue weighted by Gasteiger charge is -2.34. The number of nitrogens with zero attached hydrogens (tertiary/aromatic N) is 2. The predicted octanol–water partition coefficient (Wildman–Crippen LogP) is 1.11. The molecule has 0 spiro atoms. The van der Waals surface area contributed by atoms with Gasteiger partial charge in [0.15, 0.2) is 0 Å². The van der Waals surface area contributed by atoms with Gasteiger partial charge in [0.1, 0.15) is 12.0 Å². The fraction of sp³-hybridized carbons (Fsp3) is 0.786. The molecule has 0 aromatic heterocycles. The zero-order valence-electron chi connectivity index (χ0n) is 12.2. The third-order valence-electron chi connectivity index (χ3n) is 3.38. The van der Waals surface area contributed by atoms with Gasteiger partial charge in [-0.3, -0.25) is 9.59 Å². The van der Waals surface area contributed by atoms with E-state index in [1.807, 2.05) is 6.92 Å². The van der Waals surface area contributed by atoms with Crippen molar-refractivity contribution in [2.45, 2.75) is 33.1 Å². The molecule has 1 aliphatic heterocycles. The molecule has 0 bridgehead atoms. The molecule has 1 amide bonds. The smallest absolute Gasteiger partial charge is 0.325 e. The summed E-state index contributed by atoms with van der Waals surface area (Å²) in [4.78, 5) is 25.6.